The number of fused-ring (bicyclic) bond motifs is 2. The Hall–Kier alpha value is -3.66. The molecule has 0 atom stereocenters. The molecule has 0 radical (unpaired) electrons. The number of para-hydroxylation sites is 1. The molecule has 0 spiro atoms. The quantitative estimate of drug-likeness (QED) is 0.458. The smallest absolute Gasteiger partial charge is 0.255 e. The van der Waals surface area contributed by atoms with Crippen molar-refractivity contribution in [3.05, 3.63) is 95.7 Å². The van der Waals surface area contributed by atoms with Crippen molar-refractivity contribution < 1.29 is 4.79 Å². The van der Waals surface area contributed by atoms with Crippen molar-refractivity contribution in [3.63, 3.8) is 0 Å². The summed E-state index contributed by atoms with van der Waals surface area (Å²) in [5, 5.41) is 1.14. The highest BCUT2D eigenvalue weighted by Crippen LogP contribution is 2.34. The molecule has 1 amide bonds. The van der Waals surface area contributed by atoms with Gasteiger partial charge in [-0.15, -0.1) is 0 Å². The number of nitrogens with zero attached hydrogens (tertiary/aromatic N) is 3. The molecule has 0 bridgehead atoms. The van der Waals surface area contributed by atoms with Crippen LogP contribution in [0, 0.1) is 0 Å². The predicted molar refractivity (Wildman–Crippen MR) is 126 cm³/mol. The predicted octanol–water partition coefficient (Wildman–Crippen LogP) is 5.17. The first-order chi connectivity index (χ1) is 15.1. The van der Waals surface area contributed by atoms with Crippen LogP contribution < -0.4 is 4.90 Å². The first-order valence-electron chi connectivity index (χ1n) is 10.6. The lowest BCUT2D eigenvalue weighted by molar-refractivity contribution is 0.0780. The Bertz CT molecular complexity index is 1280. The Morgan fingerprint density at radius 1 is 0.935 bits per heavy atom. The van der Waals surface area contributed by atoms with E-state index in [1.807, 2.05) is 43.3 Å². The summed E-state index contributed by atoms with van der Waals surface area (Å²) >= 11 is 0. The highest BCUT2D eigenvalue weighted by molar-refractivity contribution is 6.04. The second-order valence-electron chi connectivity index (χ2n) is 8.26. The van der Waals surface area contributed by atoms with Gasteiger partial charge in [0.2, 0.25) is 0 Å². The zero-order valence-corrected chi connectivity index (χ0v) is 17.9. The van der Waals surface area contributed by atoms with Crippen molar-refractivity contribution in [2.45, 2.75) is 13.0 Å². The number of aromatic nitrogens is 1. The number of anilines is 1. The molecule has 1 aromatic heterocycles. The molecule has 4 nitrogen and oxygen atoms in total. The molecule has 4 heteroatoms. The Kier molecular flexibility index (Phi) is 4.91. The molecule has 31 heavy (non-hydrogen) atoms. The molecule has 1 aliphatic heterocycles. The lowest BCUT2D eigenvalue weighted by Gasteiger charge is -2.16. The second kappa shape index (κ2) is 7.88. The van der Waals surface area contributed by atoms with Crippen molar-refractivity contribution >= 4 is 22.5 Å². The van der Waals surface area contributed by atoms with Gasteiger partial charge in [0.05, 0.1) is 11.1 Å². The van der Waals surface area contributed by atoms with Gasteiger partial charge < -0.3 is 9.80 Å². The van der Waals surface area contributed by atoms with E-state index < -0.39 is 0 Å². The van der Waals surface area contributed by atoms with Gasteiger partial charge in [-0.2, -0.15) is 0 Å². The van der Waals surface area contributed by atoms with Crippen molar-refractivity contribution in [3.8, 4) is 11.1 Å². The van der Waals surface area contributed by atoms with E-state index in [1.54, 1.807) is 0 Å². The molecule has 1 aliphatic rings. The summed E-state index contributed by atoms with van der Waals surface area (Å²) in [6.45, 7) is 1.32. The molecule has 4 aromatic rings. The average Bonchev–Trinajstić information content (AvgIpc) is 3.13. The van der Waals surface area contributed by atoms with Crippen molar-refractivity contribution in [1.82, 2.24) is 9.88 Å². The lowest BCUT2D eigenvalue weighted by atomic mass is 9.96. The van der Waals surface area contributed by atoms with Crippen LogP contribution in [0.4, 0.5) is 5.69 Å². The molecule has 0 fully saturated rings. The fourth-order valence-electron chi connectivity index (χ4n) is 4.29. The largest absolute Gasteiger partial charge is 0.378 e. The maximum atomic E-state index is 13.3. The molecular weight excluding hydrogens is 382 g/mol. The first kappa shape index (κ1) is 19.3. The van der Waals surface area contributed by atoms with Crippen LogP contribution in [0.15, 0.2) is 78.9 Å². The Morgan fingerprint density at radius 2 is 1.77 bits per heavy atom. The zero-order chi connectivity index (χ0) is 21.4. The number of benzene rings is 3. The van der Waals surface area contributed by atoms with E-state index in [9.17, 15) is 4.79 Å². The summed E-state index contributed by atoms with van der Waals surface area (Å²) in [6.07, 6.45) is 0.746. The molecule has 0 saturated carbocycles. The zero-order valence-electron chi connectivity index (χ0n) is 17.9. The summed E-state index contributed by atoms with van der Waals surface area (Å²) < 4.78 is 0. The number of pyridine rings is 1. The van der Waals surface area contributed by atoms with E-state index in [4.69, 9.17) is 4.98 Å². The van der Waals surface area contributed by atoms with Crippen LogP contribution in [-0.2, 0) is 13.0 Å². The van der Waals surface area contributed by atoms with Gasteiger partial charge in [0.25, 0.3) is 5.91 Å². The third-order valence-electron chi connectivity index (χ3n) is 5.98. The molecule has 154 valence electrons. The lowest BCUT2D eigenvalue weighted by Crippen LogP contribution is -2.26. The summed E-state index contributed by atoms with van der Waals surface area (Å²) in [4.78, 5) is 22.1. The molecule has 0 aliphatic carbocycles. The van der Waals surface area contributed by atoms with E-state index in [0.717, 1.165) is 51.0 Å². The van der Waals surface area contributed by atoms with Crippen molar-refractivity contribution in [2.75, 3.05) is 25.5 Å². The van der Waals surface area contributed by atoms with E-state index in [0.29, 0.717) is 13.1 Å². The summed E-state index contributed by atoms with van der Waals surface area (Å²) in [5.74, 6) is 0.113. The number of carbonyl (C=O) groups is 1. The molecular formula is C27H25N3O. The third-order valence-corrected chi connectivity index (χ3v) is 5.98. The SMILES string of the molecule is CN(C)c1cccc(-c2cccc3c2C(=O)N(CCc2ccc4ccccc4n2)C3)c1. The monoisotopic (exact) mass is 407 g/mol. The van der Waals surface area contributed by atoms with E-state index in [-0.39, 0.29) is 5.91 Å². The Balaban J connectivity index is 1.38. The van der Waals surface area contributed by atoms with Gasteiger partial charge in [-0.1, -0.05) is 54.6 Å². The summed E-state index contributed by atoms with van der Waals surface area (Å²) in [7, 11) is 4.06. The minimum atomic E-state index is 0.113. The Labute approximate surface area is 182 Å². The summed E-state index contributed by atoms with van der Waals surface area (Å²) in [6, 6.07) is 26.8. The minimum absolute atomic E-state index is 0.113. The maximum absolute atomic E-state index is 13.3. The van der Waals surface area contributed by atoms with Crippen LogP contribution in [0.5, 0.6) is 0 Å². The first-order valence-corrected chi connectivity index (χ1v) is 10.6. The number of carbonyl (C=O) groups excluding carboxylic acids is 1. The number of amides is 1. The van der Waals surface area contributed by atoms with Gasteiger partial charge in [-0.05, 0) is 41.0 Å². The van der Waals surface area contributed by atoms with E-state index in [2.05, 4.69) is 59.5 Å². The molecule has 3 aromatic carbocycles. The number of hydrogen-bond donors (Lipinski definition) is 0. The highest BCUT2D eigenvalue weighted by atomic mass is 16.2. The van der Waals surface area contributed by atoms with Crippen LogP contribution >= 0.6 is 0 Å². The van der Waals surface area contributed by atoms with Crippen LogP contribution in [0.1, 0.15) is 21.6 Å². The fraction of sp³-hybridized carbons (Fsp3) is 0.185. The van der Waals surface area contributed by atoms with Gasteiger partial charge in [0, 0.05) is 50.4 Å². The standard InChI is InChI=1S/C27H25N3O/c1-29(2)23-10-5-8-20(17-23)24-11-6-9-21-18-30(27(31)26(21)24)16-15-22-14-13-19-7-3-4-12-25(19)28-22/h3-14,17H,15-16,18H2,1-2H3. The van der Waals surface area contributed by atoms with Crippen LogP contribution in [0.3, 0.4) is 0 Å². The van der Waals surface area contributed by atoms with Crippen LogP contribution in [0.2, 0.25) is 0 Å². The normalized spacial score (nSPS) is 13.0. The Morgan fingerprint density at radius 3 is 2.65 bits per heavy atom. The molecule has 2 heterocycles. The van der Waals surface area contributed by atoms with E-state index >= 15 is 0 Å². The molecule has 0 unspecified atom stereocenters. The molecule has 0 saturated heterocycles. The number of hydrogen-bond acceptors (Lipinski definition) is 3. The highest BCUT2D eigenvalue weighted by Gasteiger charge is 2.30. The maximum Gasteiger partial charge on any atom is 0.255 e. The van der Waals surface area contributed by atoms with E-state index in [1.165, 1.54) is 0 Å². The van der Waals surface area contributed by atoms with Gasteiger partial charge >= 0.3 is 0 Å². The van der Waals surface area contributed by atoms with Gasteiger partial charge in [-0.25, -0.2) is 0 Å². The van der Waals surface area contributed by atoms with Gasteiger partial charge in [-0.3, -0.25) is 9.78 Å². The molecule has 0 N–H and O–H groups in total. The number of rotatable bonds is 5. The third kappa shape index (κ3) is 3.66. The minimum Gasteiger partial charge on any atom is -0.378 e. The van der Waals surface area contributed by atoms with Crippen LogP contribution in [-0.4, -0.2) is 36.4 Å². The fourth-order valence-corrected chi connectivity index (χ4v) is 4.29. The molecule has 5 rings (SSSR count). The van der Waals surface area contributed by atoms with Gasteiger partial charge in [0.1, 0.15) is 0 Å². The van der Waals surface area contributed by atoms with Crippen molar-refractivity contribution in [1.29, 1.82) is 0 Å². The van der Waals surface area contributed by atoms with Crippen LogP contribution in [0.25, 0.3) is 22.0 Å². The topological polar surface area (TPSA) is 36.4 Å². The second-order valence-corrected chi connectivity index (χ2v) is 8.26. The average molecular weight is 408 g/mol. The van der Waals surface area contributed by atoms with Crippen molar-refractivity contribution in [2.24, 2.45) is 0 Å². The summed E-state index contributed by atoms with van der Waals surface area (Å²) in [5.41, 5.74) is 7.17. The van der Waals surface area contributed by atoms with Gasteiger partial charge in [0.15, 0.2) is 0 Å².